The number of aromatic nitrogens is 1. The summed E-state index contributed by atoms with van der Waals surface area (Å²) >= 11 is 0. The van der Waals surface area contributed by atoms with Gasteiger partial charge in [0.15, 0.2) is 41.5 Å². The number of carbonyl (C=O) groups is 1. The molecule has 0 radical (unpaired) electrons. The summed E-state index contributed by atoms with van der Waals surface area (Å²) in [6.07, 6.45) is -1.05. The number of carbonyl (C=O) groups excluding carboxylic acids is 1. The summed E-state index contributed by atoms with van der Waals surface area (Å²) in [6.45, 7) is 33.0. The van der Waals surface area contributed by atoms with E-state index in [-0.39, 0.29) is 0 Å². The lowest BCUT2D eigenvalue weighted by molar-refractivity contribution is -0.273. The molecule has 0 saturated carbocycles. The number of rotatable bonds is 12. The van der Waals surface area contributed by atoms with E-state index in [4.69, 9.17) is 27.2 Å². The molecule has 244 valence electrons. The predicted octanol–water partition coefficient (Wildman–Crippen LogP) is 7.72. The summed E-state index contributed by atoms with van der Waals surface area (Å²) in [5.41, 5.74) is 1.57. The fourth-order valence-electron chi connectivity index (χ4n) is 5.13. The highest BCUT2D eigenvalue weighted by Gasteiger charge is 2.53. The number of esters is 1. The Bertz CT molecular complexity index is 1250. The van der Waals surface area contributed by atoms with Crippen LogP contribution in [0.2, 0.25) is 98.2 Å². The third kappa shape index (κ3) is 10.6. The fraction of sp³-hybridized carbons (Fsp3) is 0.700. The smallest absolute Gasteiger partial charge is 0.342 e. The molecule has 3 rings (SSSR count). The molecule has 0 unspecified atom stereocenters. The van der Waals surface area contributed by atoms with Crippen LogP contribution in [0.5, 0.6) is 0 Å². The van der Waals surface area contributed by atoms with Crippen LogP contribution < -0.4 is 0 Å². The van der Waals surface area contributed by atoms with Crippen molar-refractivity contribution in [3.05, 3.63) is 36.0 Å². The van der Waals surface area contributed by atoms with E-state index in [0.717, 1.165) is 10.9 Å². The van der Waals surface area contributed by atoms with E-state index in [1.54, 1.807) is 0 Å². The van der Waals surface area contributed by atoms with Gasteiger partial charge in [0.05, 0.1) is 12.2 Å². The molecule has 2 aromatic rings. The maximum Gasteiger partial charge on any atom is 0.342 e. The fourth-order valence-corrected chi connectivity index (χ4v) is 10.5. The van der Waals surface area contributed by atoms with Crippen LogP contribution in [0.3, 0.4) is 0 Å². The number of benzene rings is 1. The van der Waals surface area contributed by atoms with E-state index in [1.807, 2.05) is 24.4 Å². The number of ether oxygens (including phenoxy) is 2. The Morgan fingerprint density at radius 3 is 1.74 bits per heavy atom. The monoisotopic (exact) mass is 683 g/mol. The highest BCUT2D eigenvalue weighted by molar-refractivity contribution is 6.75. The summed E-state index contributed by atoms with van der Waals surface area (Å²) < 4.78 is 42.3. The van der Waals surface area contributed by atoms with Gasteiger partial charge in [-0.15, -0.1) is 0 Å². The van der Waals surface area contributed by atoms with Gasteiger partial charge in [0, 0.05) is 17.1 Å². The summed E-state index contributed by atoms with van der Waals surface area (Å²) in [4.78, 5) is 14.1. The van der Waals surface area contributed by atoms with Crippen LogP contribution in [0.4, 0.5) is 0 Å². The average Bonchev–Trinajstić information content (AvgIpc) is 3.19. The van der Waals surface area contributed by atoms with Crippen LogP contribution >= 0.6 is 0 Å². The minimum atomic E-state index is -2.16. The number of hydrogen-bond donors (Lipinski definition) is 0. The zero-order valence-corrected chi connectivity index (χ0v) is 34.3. The lowest BCUT2D eigenvalue weighted by atomic mass is 9.99. The van der Waals surface area contributed by atoms with Gasteiger partial charge in [0.1, 0.15) is 24.4 Å². The van der Waals surface area contributed by atoms with Crippen LogP contribution in [-0.4, -0.2) is 89.0 Å². The van der Waals surface area contributed by atoms with Gasteiger partial charge in [-0.25, -0.2) is 4.79 Å². The second kappa shape index (κ2) is 13.1. The van der Waals surface area contributed by atoms with Gasteiger partial charge in [0.2, 0.25) is 6.29 Å². The van der Waals surface area contributed by atoms with Crippen molar-refractivity contribution in [2.75, 3.05) is 6.61 Å². The van der Waals surface area contributed by atoms with Gasteiger partial charge in [-0.1, -0.05) is 37.8 Å². The topological polar surface area (TPSA) is 77.4 Å². The number of nitrogens with zero attached hydrogens (tertiary/aromatic N) is 1. The Morgan fingerprint density at radius 1 is 0.721 bits per heavy atom. The first-order chi connectivity index (χ1) is 19.3. The first-order valence-electron chi connectivity index (χ1n) is 15.5. The van der Waals surface area contributed by atoms with Gasteiger partial charge in [-0.05, 0) is 84.6 Å². The van der Waals surface area contributed by atoms with Crippen molar-refractivity contribution in [2.45, 2.75) is 129 Å². The Kier molecular flexibility index (Phi) is 11.1. The molecule has 1 aromatic carbocycles. The zero-order chi connectivity index (χ0) is 32.8. The maximum atomic E-state index is 14.1. The first-order valence-corrected chi connectivity index (χ1v) is 32.6. The van der Waals surface area contributed by atoms with Crippen molar-refractivity contribution in [3.8, 4) is 0 Å². The van der Waals surface area contributed by atoms with Crippen LogP contribution in [0.1, 0.15) is 10.4 Å². The van der Waals surface area contributed by atoms with Crippen molar-refractivity contribution < 1.29 is 32.0 Å². The number of fused-ring (bicyclic) bond motifs is 1. The standard InChI is InChI=1S/C30H57NO7Si5/c1-39(2,3)31-20-23(22-18-16-17-19-24(22)31)29(32)35-30-28(38-43(13,14)15)27(37-42(10,11)12)26(36-41(7,8)9)25(34-30)21-33-40(4,5)6/h16-20,25-28,30H,21H2,1-15H3/t25-,26-,27+,28-,30+/m1/s1. The third-order valence-electron chi connectivity index (χ3n) is 6.62. The average molecular weight is 684 g/mol. The normalized spacial score (nSPS) is 24.4. The molecule has 0 N–H and O–H groups in total. The van der Waals surface area contributed by atoms with Crippen LogP contribution in [-0.2, 0) is 27.2 Å². The number of para-hydroxylation sites is 1. The van der Waals surface area contributed by atoms with Crippen molar-refractivity contribution in [1.82, 2.24) is 4.23 Å². The SMILES string of the molecule is C[Si](C)(C)OC[C@H]1O[C@@H](OC(=O)c2cn([Si](C)(C)C)c3ccccc23)[C@H](O[Si](C)(C)C)[C@@H](O[Si](C)(C)C)[C@@H]1O[Si](C)(C)C. The Morgan fingerprint density at radius 2 is 1.23 bits per heavy atom. The highest BCUT2D eigenvalue weighted by atomic mass is 28.4. The lowest BCUT2D eigenvalue weighted by Crippen LogP contribution is -2.66. The molecule has 0 spiro atoms. The molecular weight excluding hydrogens is 627 g/mol. The first kappa shape index (κ1) is 36.6. The summed E-state index contributed by atoms with van der Waals surface area (Å²) in [7, 11) is -10.0. The predicted molar refractivity (Wildman–Crippen MR) is 189 cm³/mol. The van der Waals surface area contributed by atoms with Gasteiger partial charge in [-0.3, -0.25) is 0 Å². The molecule has 1 aliphatic heterocycles. The van der Waals surface area contributed by atoms with E-state index < -0.39 is 78.2 Å². The molecule has 13 heteroatoms. The second-order valence-corrected chi connectivity index (χ2v) is 39.3. The zero-order valence-electron chi connectivity index (χ0n) is 29.3. The van der Waals surface area contributed by atoms with Crippen molar-refractivity contribution >= 4 is 58.4 Å². The summed E-state index contributed by atoms with van der Waals surface area (Å²) in [6, 6.07) is 8.02. The van der Waals surface area contributed by atoms with Gasteiger partial charge in [-0.2, -0.15) is 0 Å². The Balaban J connectivity index is 2.11. The Labute approximate surface area is 265 Å². The van der Waals surface area contributed by atoms with Gasteiger partial charge >= 0.3 is 5.97 Å². The van der Waals surface area contributed by atoms with Crippen molar-refractivity contribution in [3.63, 3.8) is 0 Å². The Hall–Kier alpha value is -0.886. The molecule has 8 nitrogen and oxygen atoms in total. The molecule has 43 heavy (non-hydrogen) atoms. The number of hydrogen-bond acceptors (Lipinski definition) is 7. The van der Waals surface area contributed by atoms with Crippen LogP contribution in [0.15, 0.2) is 30.5 Å². The third-order valence-corrected chi connectivity index (χ3v) is 12.4. The quantitative estimate of drug-likeness (QED) is 0.168. The molecule has 5 atom stereocenters. The molecule has 0 aliphatic carbocycles. The highest BCUT2D eigenvalue weighted by Crippen LogP contribution is 2.35. The van der Waals surface area contributed by atoms with Crippen molar-refractivity contribution in [2.24, 2.45) is 0 Å². The summed E-state index contributed by atoms with van der Waals surface area (Å²) in [5, 5.41) is 0.877. The molecule has 0 bridgehead atoms. The van der Waals surface area contributed by atoms with E-state index >= 15 is 0 Å². The molecule has 2 heterocycles. The molecule has 1 aromatic heterocycles. The summed E-state index contributed by atoms with van der Waals surface area (Å²) in [5.74, 6) is -0.427. The van der Waals surface area contributed by atoms with Gasteiger partial charge < -0.3 is 31.4 Å². The van der Waals surface area contributed by atoms with Crippen molar-refractivity contribution in [1.29, 1.82) is 0 Å². The van der Waals surface area contributed by atoms with E-state index in [1.165, 1.54) is 0 Å². The van der Waals surface area contributed by atoms with Crippen LogP contribution in [0.25, 0.3) is 10.9 Å². The van der Waals surface area contributed by atoms with E-state index in [2.05, 4.69) is 109 Å². The minimum Gasteiger partial charge on any atom is -0.429 e. The van der Waals surface area contributed by atoms with E-state index in [0.29, 0.717) is 12.2 Å². The van der Waals surface area contributed by atoms with E-state index in [9.17, 15) is 4.79 Å². The molecule has 0 amide bonds. The molecule has 1 aliphatic rings. The molecular formula is C30H57NO7Si5. The second-order valence-electron chi connectivity index (χ2n) is 16.6. The van der Waals surface area contributed by atoms with Gasteiger partial charge in [0.25, 0.3) is 0 Å². The lowest BCUT2D eigenvalue weighted by Gasteiger charge is -2.50. The molecule has 1 fully saturated rings. The minimum absolute atomic E-state index is 0.332. The largest absolute Gasteiger partial charge is 0.429 e. The maximum absolute atomic E-state index is 14.1. The van der Waals surface area contributed by atoms with Crippen LogP contribution in [0, 0.1) is 0 Å². The molecule has 1 saturated heterocycles.